The quantitative estimate of drug-likeness (QED) is 0.106. The van der Waals surface area contributed by atoms with E-state index in [9.17, 15) is 63.6 Å². The molecule has 250 valence electrons. The fourth-order valence-corrected chi connectivity index (χ4v) is 6.27. The Morgan fingerprint density at radius 1 is 1.11 bits per heavy atom. The molecule has 0 aromatic carbocycles. The van der Waals surface area contributed by atoms with Crippen LogP contribution >= 0.6 is 15.6 Å². The molecule has 3 heterocycles. The molecular formula is C20H28N3O19P2-3. The van der Waals surface area contributed by atoms with Gasteiger partial charge < -0.3 is 64.2 Å². The van der Waals surface area contributed by atoms with Crippen molar-refractivity contribution in [2.24, 2.45) is 0 Å². The molecule has 0 spiro atoms. The molecule has 2 unspecified atom stereocenters. The maximum Gasteiger partial charge on any atom is 0.330 e. The Morgan fingerprint density at radius 2 is 1.77 bits per heavy atom. The third kappa shape index (κ3) is 8.86. The van der Waals surface area contributed by atoms with Crippen LogP contribution in [0.5, 0.6) is 0 Å². The molecule has 12 atom stereocenters. The lowest BCUT2D eigenvalue weighted by Gasteiger charge is -2.46. The molecule has 6 N–H and O–H groups in total. The van der Waals surface area contributed by atoms with E-state index in [1.165, 1.54) is 0 Å². The summed E-state index contributed by atoms with van der Waals surface area (Å²) in [4.78, 5) is 72.9. The van der Waals surface area contributed by atoms with Gasteiger partial charge in [-0.25, -0.2) is 9.11 Å². The van der Waals surface area contributed by atoms with E-state index in [-0.39, 0.29) is 0 Å². The number of aromatic amines is 1. The van der Waals surface area contributed by atoms with Crippen LogP contribution in [0.3, 0.4) is 0 Å². The first kappa shape index (κ1) is 36.1. The number of H-pyrrole nitrogens is 1. The maximum atomic E-state index is 12.6. The number of phosphoric ester groups is 2. The standard InChI is InChI=1S/C20H31N3O19P2/c1-7(18(30)31)38-16-12(21-8(2)25)19(40-9(5-24)14(16)28)41-44(35,36)42-43(33,34)37-6-10-13(27)15(29)17(39-10)23-4-3-11(26)22-20(23)32/h3-4,7,9-10,12-17,19,24,27-29H,5-6H2,1-2H3,(H,21,25)(H,30,31)(H,33,34)(H,35,36)(H,22,26,32)/p-3/t7-,9-,10-,12-,13-,14-,15-,16-,17-,19-/m1/s1. The molecule has 0 bridgehead atoms. The topological polar surface area (TPSA) is 341 Å². The van der Waals surface area contributed by atoms with E-state index in [0.717, 1.165) is 26.1 Å². The van der Waals surface area contributed by atoms with E-state index in [1.54, 1.807) is 0 Å². The molecule has 1 amide bonds. The van der Waals surface area contributed by atoms with Crippen LogP contribution in [-0.4, -0.2) is 110 Å². The number of hydrogen-bond acceptors (Lipinski definition) is 19. The van der Waals surface area contributed by atoms with Crippen LogP contribution in [0, 0.1) is 0 Å². The van der Waals surface area contributed by atoms with Crippen LogP contribution in [-0.2, 0) is 46.3 Å². The monoisotopic (exact) mass is 676 g/mol. The maximum absolute atomic E-state index is 12.6. The zero-order valence-electron chi connectivity index (χ0n) is 22.6. The van der Waals surface area contributed by atoms with Crippen LogP contribution < -0.4 is 31.5 Å². The van der Waals surface area contributed by atoms with Crippen molar-refractivity contribution in [1.82, 2.24) is 14.9 Å². The molecule has 0 aliphatic carbocycles. The summed E-state index contributed by atoms with van der Waals surface area (Å²) in [6.45, 7) is -0.271. The predicted octanol–water partition coefficient (Wildman–Crippen LogP) is -6.75. The van der Waals surface area contributed by atoms with Gasteiger partial charge in [-0.1, -0.05) is 0 Å². The minimum Gasteiger partial charge on any atom is -0.756 e. The Morgan fingerprint density at radius 3 is 2.34 bits per heavy atom. The van der Waals surface area contributed by atoms with Gasteiger partial charge in [-0.05, 0) is 6.92 Å². The van der Waals surface area contributed by atoms with Crippen molar-refractivity contribution < 1.29 is 81.6 Å². The minimum atomic E-state index is -6.07. The molecule has 2 aliphatic heterocycles. The predicted molar refractivity (Wildman–Crippen MR) is 129 cm³/mol. The van der Waals surface area contributed by atoms with Crippen molar-refractivity contribution in [1.29, 1.82) is 0 Å². The number of carboxylic acid groups (broad SMARTS) is 1. The van der Waals surface area contributed by atoms with Crippen molar-refractivity contribution in [3.63, 3.8) is 0 Å². The molecule has 0 saturated carbocycles. The Kier molecular flexibility index (Phi) is 11.8. The Hall–Kier alpha value is -2.40. The van der Waals surface area contributed by atoms with Gasteiger partial charge in [0, 0.05) is 19.2 Å². The molecule has 1 aromatic rings. The number of aliphatic carboxylic acids is 1. The van der Waals surface area contributed by atoms with E-state index < -0.39 is 113 Å². The summed E-state index contributed by atoms with van der Waals surface area (Å²) >= 11 is 0. The lowest BCUT2D eigenvalue weighted by molar-refractivity contribution is -0.326. The molecule has 3 rings (SSSR count). The third-order valence-electron chi connectivity index (χ3n) is 6.21. The minimum absolute atomic E-state index is 0.680. The number of amides is 1. The first-order valence-corrected chi connectivity index (χ1v) is 15.3. The smallest absolute Gasteiger partial charge is 0.330 e. The first-order valence-electron chi connectivity index (χ1n) is 12.4. The van der Waals surface area contributed by atoms with Crippen molar-refractivity contribution in [3.8, 4) is 0 Å². The summed E-state index contributed by atoms with van der Waals surface area (Å²) in [7, 11) is -12.0. The molecule has 22 nitrogen and oxygen atoms in total. The van der Waals surface area contributed by atoms with Crippen LogP contribution in [0.25, 0.3) is 0 Å². The second kappa shape index (κ2) is 14.4. The molecule has 1 aromatic heterocycles. The number of hydrogen-bond donors (Lipinski definition) is 6. The normalized spacial score (nSPS) is 34.0. The highest BCUT2D eigenvalue weighted by molar-refractivity contribution is 7.59. The Bertz CT molecular complexity index is 1400. The van der Waals surface area contributed by atoms with Gasteiger partial charge in [-0.15, -0.1) is 0 Å². The second-order valence-electron chi connectivity index (χ2n) is 9.45. The van der Waals surface area contributed by atoms with Crippen LogP contribution in [0.15, 0.2) is 21.9 Å². The number of aliphatic hydroxyl groups excluding tert-OH is 4. The summed E-state index contributed by atoms with van der Waals surface area (Å²) in [5.74, 6) is -2.66. The lowest BCUT2D eigenvalue weighted by atomic mass is 9.96. The van der Waals surface area contributed by atoms with Gasteiger partial charge in [-0.3, -0.25) is 32.8 Å². The summed E-state index contributed by atoms with van der Waals surface area (Å²) in [6.07, 6.45) is -15.5. The number of carboxylic acids is 1. The van der Waals surface area contributed by atoms with Crippen LogP contribution in [0.4, 0.5) is 0 Å². The van der Waals surface area contributed by atoms with Gasteiger partial charge in [0.05, 0.1) is 25.3 Å². The van der Waals surface area contributed by atoms with E-state index in [0.29, 0.717) is 4.57 Å². The third-order valence-corrected chi connectivity index (χ3v) is 8.74. The zero-order valence-corrected chi connectivity index (χ0v) is 24.4. The number of rotatable bonds is 13. The van der Waals surface area contributed by atoms with E-state index >= 15 is 0 Å². The lowest BCUT2D eigenvalue weighted by Crippen LogP contribution is -2.66. The highest BCUT2D eigenvalue weighted by Crippen LogP contribution is 2.57. The number of carbonyl (C=O) groups excluding carboxylic acids is 2. The number of nitrogens with zero attached hydrogens (tertiary/aromatic N) is 1. The van der Waals surface area contributed by atoms with Crippen LogP contribution in [0.1, 0.15) is 20.1 Å². The number of nitrogens with one attached hydrogen (secondary N) is 2. The average Bonchev–Trinajstić information content (AvgIpc) is 3.18. The highest BCUT2D eigenvalue weighted by Gasteiger charge is 2.49. The van der Waals surface area contributed by atoms with E-state index in [4.69, 9.17) is 14.2 Å². The van der Waals surface area contributed by atoms with E-state index in [1.807, 2.05) is 4.98 Å². The summed E-state index contributed by atoms with van der Waals surface area (Å²) in [5.41, 5.74) is -1.83. The number of aliphatic hydroxyl groups is 4. The van der Waals surface area contributed by atoms with Crippen molar-refractivity contribution in [2.45, 2.75) is 75.1 Å². The molecule has 24 heteroatoms. The van der Waals surface area contributed by atoms with Gasteiger partial charge in [0.2, 0.25) is 5.91 Å². The van der Waals surface area contributed by atoms with Crippen molar-refractivity contribution in [3.05, 3.63) is 33.1 Å². The van der Waals surface area contributed by atoms with Gasteiger partial charge in [0.25, 0.3) is 21.2 Å². The highest BCUT2D eigenvalue weighted by atomic mass is 31.3. The van der Waals surface area contributed by atoms with Crippen molar-refractivity contribution >= 4 is 27.5 Å². The SMILES string of the molecule is CC(=O)N[C@H]1[C@@H](OP(=O)([O-])OP(=O)([O-])OC[C@H]2O[C@@H](n3ccc(=O)[nH]c3=O)[C@H](O)[C@@H]2O)O[C@H](CO)[C@@H](O)[C@@H]1O[C@H](C)C(=O)[O-]. The van der Waals surface area contributed by atoms with Gasteiger partial charge in [0.15, 0.2) is 12.5 Å². The van der Waals surface area contributed by atoms with Gasteiger partial charge in [-0.2, -0.15) is 0 Å². The number of ether oxygens (including phenoxy) is 3. The molecule has 2 aliphatic rings. The number of carbonyl (C=O) groups is 2. The Balaban J connectivity index is 1.72. The summed E-state index contributed by atoms with van der Waals surface area (Å²) in [5, 5.41) is 53.7. The van der Waals surface area contributed by atoms with E-state index in [2.05, 4.69) is 18.7 Å². The number of phosphoric acid groups is 2. The molecule has 44 heavy (non-hydrogen) atoms. The first-order chi connectivity index (χ1) is 20.4. The fraction of sp³-hybridized carbons (Fsp3) is 0.700. The average molecular weight is 676 g/mol. The van der Waals surface area contributed by atoms with Crippen LogP contribution in [0.2, 0.25) is 0 Å². The molecule has 2 saturated heterocycles. The largest absolute Gasteiger partial charge is 0.756 e. The number of aromatic nitrogens is 2. The van der Waals surface area contributed by atoms with Crippen molar-refractivity contribution in [2.75, 3.05) is 13.2 Å². The molecule has 0 radical (unpaired) electrons. The zero-order chi connectivity index (χ0) is 33.1. The van der Waals surface area contributed by atoms with Gasteiger partial charge in [0.1, 0.15) is 42.7 Å². The Labute approximate surface area is 245 Å². The summed E-state index contributed by atoms with van der Waals surface area (Å²) < 4.78 is 54.2. The fourth-order valence-electron chi connectivity index (χ4n) is 4.18. The molecule has 2 fully saturated rings. The van der Waals surface area contributed by atoms with Gasteiger partial charge >= 0.3 is 5.69 Å². The molecular weight excluding hydrogens is 648 g/mol. The second-order valence-corrected chi connectivity index (χ2v) is 12.4. The summed E-state index contributed by atoms with van der Waals surface area (Å²) in [6, 6.07) is -0.935.